The molecule has 0 bridgehead atoms. The van der Waals surface area contributed by atoms with Crippen molar-refractivity contribution in [3.63, 3.8) is 0 Å². The molecule has 0 spiro atoms. The van der Waals surface area contributed by atoms with E-state index >= 15 is 0 Å². The highest BCUT2D eigenvalue weighted by Crippen LogP contribution is 2.46. The predicted molar refractivity (Wildman–Crippen MR) is 114 cm³/mol. The van der Waals surface area contributed by atoms with E-state index in [0.29, 0.717) is 5.39 Å². The summed E-state index contributed by atoms with van der Waals surface area (Å²) in [6.07, 6.45) is 1.50. The quantitative estimate of drug-likeness (QED) is 0.487. The van der Waals surface area contributed by atoms with E-state index in [2.05, 4.69) is 0 Å². The SMILES string of the molecule is CN1/C(=C/C(=O)COC(=O)c2cc(=O)c3ccccc3o2)C(C)(C)c2ccccc21. The third-order valence-electron chi connectivity index (χ3n) is 5.42. The summed E-state index contributed by atoms with van der Waals surface area (Å²) < 4.78 is 10.6. The van der Waals surface area contributed by atoms with Crippen LogP contribution in [-0.4, -0.2) is 25.4 Å². The van der Waals surface area contributed by atoms with Crippen molar-refractivity contribution >= 4 is 28.4 Å². The Morgan fingerprint density at radius 1 is 1.10 bits per heavy atom. The van der Waals surface area contributed by atoms with Gasteiger partial charge >= 0.3 is 5.97 Å². The molecule has 1 aromatic heterocycles. The van der Waals surface area contributed by atoms with Gasteiger partial charge in [-0.25, -0.2) is 4.79 Å². The number of hydrogen-bond donors (Lipinski definition) is 0. The lowest BCUT2D eigenvalue weighted by Crippen LogP contribution is -2.25. The van der Waals surface area contributed by atoms with Gasteiger partial charge in [0.25, 0.3) is 0 Å². The van der Waals surface area contributed by atoms with E-state index in [0.717, 1.165) is 23.0 Å². The molecule has 0 saturated heterocycles. The maximum absolute atomic E-state index is 12.5. The zero-order valence-electron chi connectivity index (χ0n) is 17.0. The first kappa shape index (κ1) is 19.6. The van der Waals surface area contributed by atoms with Crippen LogP contribution in [-0.2, 0) is 14.9 Å². The van der Waals surface area contributed by atoms with E-state index in [4.69, 9.17) is 9.15 Å². The predicted octanol–water partition coefficient (Wildman–Crippen LogP) is 3.83. The number of anilines is 1. The van der Waals surface area contributed by atoms with Crippen LogP contribution in [0.5, 0.6) is 0 Å². The number of likely N-dealkylation sites (N-methyl/N-ethyl adjacent to an activating group) is 1. The second kappa shape index (κ2) is 7.30. The van der Waals surface area contributed by atoms with Crippen molar-refractivity contribution in [1.29, 1.82) is 0 Å². The van der Waals surface area contributed by atoms with E-state index in [-0.39, 0.29) is 28.0 Å². The molecule has 0 amide bonds. The number of fused-ring (bicyclic) bond motifs is 2. The first-order chi connectivity index (χ1) is 14.3. The Morgan fingerprint density at radius 3 is 2.57 bits per heavy atom. The Kier molecular flexibility index (Phi) is 4.78. The van der Waals surface area contributed by atoms with Crippen molar-refractivity contribution < 1.29 is 18.7 Å². The Bertz CT molecular complexity index is 1250. The van der Waals surface area contributed by atoms with Gasteiger partial charge in [0, 0.05) is 36.0 Å². The van der Waals surface area contributed by atoms with E-state index in [9.17, 15) is 14.4 Å². The van der Waals surface area contributed by atoms with Gasteiger partial charge in [-0.1, -0.05) is 44.2 Å². The van der Waals surface area contributed by atoms with Gasteiger partial charge in [0.2, 0.25) is 5.76 Å². The lowest BCUT2D eigenvalue weighted by atomic mass is 9.83. The molecule has 0 saturated carbocycles. The third-order valence-corrected chi connectivity index (χ3v) is 5.42. The van der Waals surface area contributed by atoms with Crippen LogP contribution in [0.25, 0.3) is 11.0 Å². The summed E-state index contributed by atoms with van der Waals surface area (Å²) in [4.78, 5) is 38.9. The minimum absolute atomic E-state index is 0.232. The second-order valence-electron chi connectivity index (χ2n) is 7.74. The molecular formula is C24H21NO5. The van der Waals surface area contributed by atoms with Gasteiger partial charge in [-0.05, 0) is 23.8 Å². The maximum Gasteiger partial charge on any atom is 0.374 e. The van der Waals surface area contributed by atoms with Crippen LogP contribution < -0.4 is 10.3 Å². The fourth-order valence-corrected chi connectivity index (χ4v) is 3.87. The molecule has 3 aromatic rings. The van der Waals surface area contributed by atoms with Crippen molar-refractivity contribution in [3.8, 4) is 0 Å². The van der Waals surface area contributed by atoms with Gasteiger partial charge in [0.15, 0.2) is 17.8 Å². The number of allylic oxidation sites excluding steroid dienone is 1. The third kappa shape index (κ3) is 3.30. The lowest BCUT2D eigenvalue weighted by Gasteiger charge is -2.23. The maximum atomic E-state index is 12.5. The summed E-state index contributed by atoms with van der Waals surface area (Å²) in [7, 11) is 1.91. The van der Waals surface area contributed by atoms with Crippen LogP contribution in [0.15, 0.2) is 75.6 Å². The summed E-state index contributed by atoms with van der Waals surface area (Å²) in [5, 5.41) is 0.376. The number of esters is 1. The smallest absolute Gasteiger partial charge is 0.374 e. The molecule has 0 atom stereocenters. The number of ether oxygens (including phenoxy) is 1. The topological polar surface area (TPSA) is 76.8 Å². The normalized spacial score (nSPS) is 16.0. The minimum Gasteiger partial charge on any atom is -0.451 e. The van der Waals surface area contributed by atoms with Gasteiger partial charge in [-0.3, -0.25) is 9.59 Å². The lowest BCUT2D eigenvalue weighted by molar-refractivity contribution is -0.117. The molecule has 0 N–H and O–H groups in total. The van der Waals surface area contributed by atoms with Crippen LogP contribution in [0.2, 0.25) is 0 Å². The average Bonchev–Trinajstić information content (AvgIpc) is 2.93. The fraction of sp³-hybridized carbons (Fsp3) is 0.208. The van der Waals surface area contributed by atoms with Crippen LogP contribution in [0.3, 0.4) is 0 Å². The van der Waals surface area contributed by atoms with Crippen LogP contribution in [0, 0.1) is 0 Å². The molecular weight excluding hydrogens is 382 g/mol. The van der Waals surface area contributed by atoms with Crippen LogP contribution >= 0.6 is 0 Å². The first-order valence-electron chi connectivity index (χ1n) is 9.57. The zero-order valence-corrected chi connectivity index (χ0v) is 17.0. The van der Waals surface area contributed by atoms with E-state index in [1.54, 1.807) is 24.3 Å². The molecule has 1 aliphatic heterocycles. The number of carbonyl (C=O) groups excluding carboxylic acids is 2. The Labute approximate surface area is 173 Å². The van der Waals surface area contributed by atoms with Gasteiger partial charge in [-0.2, -0.15) is 0 Å². The van der Waals surface area contributed by atoms with Gasteiger partial charge in [0.1, 0.15) is 5.58 Å². The molecule has 0 aliphatic carbocycles. The second-order valence-corrected chi connectivity index (χ2v) is 7.74. The minimum atomic E-state index is -0.855. The molecule has 6 heteroatoms. The number of nitrogens with zero attached hydrogens (tertiary/aromatic N) is 1. The Hall–Kier alpha value is -3.67. The molecule has 1 aliphatic rings. The van der Waals surface area contributed by atoms with Crippen LogP contribution in [0.4, 0.5) is 5.69 Å². The van der Waals surface area contributed by atoms with Gasteiger partial charge < -0.3 is 14.1 Å². The monoisotopic (exact) mass is 403 g/mol. The number of rotatable bonds is 4. The summed E-state index contributed by atoms with van der Waals surface area (Å²) in [6, 6.07) is 15.7. The van der Waals surface area contributed by atoms with Crippen molar-refractivity contribution in [2.75, 3.05) is 18.6 Å². The highest BCUT2D eigenvalue weighted by Gasteiger charge is 2.38. The van der Waals surface area contributed by atoms with Gasteiger partial charge in [-0.15, -0.1) is 0 Å². The zero-order chi connectivity index (χ0) is 21.5. The highest BCUT2D eigenvalue weighted by molar-refractivity contribution is 5.96. The van der Waals surface area contributed by atoms with E-state index in [1.807, 2.05) is 50.1 Å². The largest absolute Gasteiger partial charge is 0.451 e. The summed E-state index contributed by atoms with van der Waals surface area (Å²) in [6.45, 7) is 3.65. The molecule has 4 rings (SSSR count). The molecule has 30 heavy (non-hydrogen) atoms. The standard InChI is InChI=1S/C24H21NO5/c1-24(2)17-9-5-6-10-18(17)25(3)22(24)12-15(26)14-29-23(28)21-13-19(27)16-8-4-7-11-20(16)30-21/h4-13H,14H2,1-3H3/b22-12+. The first-order valence-corrected chi connectivity index (χ1v) is 9.57. The molecule has 0 radical (unpaired) electrons. The van der Waals surface area contributed by atoms with E-state index in [1.165, 1.54) is 6.08 Å². The average molecular weight is 403 g/mol. The summed E-state index contributed by atoms with van der Waals surface area (Å²) in [5.74, 6) is -1.44. The number of ketones is 1. The summed E-state index contributed by atoms with van der Waals surface area (Å²) >= 11 is 0. The van der Waals surface area contributed by atoms with Crippen LogP contribution in [0.1, 0.15) is 30.0 Å². The van der Waals surface area contributed by atoms with Crippen molar-refractivity contribution in [1.82, 2.24) is 0 Å². The molecule has 2 heterocycles. The molecule has 0 unspecified atom stereocenters. The molecule has 6 nitrogen and oxygen atoms in total. The molecule has 0 fully saturated rings. The fourth-order valence-electron chi connectivity index (χ4n) is 3.87. The number of benzene rings is 2. The molecule has 152 valence electrons. The Morgan fingerprint density at radius 2 is 1.80 bits per heavy atom. The van der Waals surface area contributed by atoms with E-state index < -0.39 is 12.6 Å². The van der Waals surface area contributed by atoms with Gasteiger partial charge in [0.05, 0.1) is 5.39 Å². The highest BCUT2D eigenvalue weighted by atomic mass is 16.5. The van der Waals surface area contributed by atoms with Crippen molar-refractivity contribution in [3.05, 3.63) is 87.9 Å². The number of para-hydroxylation sites is 2. The number of carbonyl (C=O) groups is 2. The molecule has 2 aromatic carbocycles. The Balaban J connectivity index is 1.50. The summed E-state index contributed by atoms with van der Waals surface area (Å²) in [5.41, 5.74) is 2.58. The van der Waals surface area contributed by atoms with Crippen molar-refractivity contribution in [2.45, 2.75) is 19.3 Å². The van der Waals surface area contributed by atoms with Crippen molar-refractivity contribution in [2.24, 2.45) is 0 Å². The number of hydrogen-bond acceptors (Lipinski definition) is 6.